The van der Waals surface area contributed by atoms with Gasteiger partial charge in [0.05, 0.1) is 17.6 Å². The Kier molecular flexibility index (Phi) is 2.65. The molecule has 2 aromatic heterocycles. The molecule has 88 valence electrons. The molecule has 4 nitrogen and oxygen atoms in total. The van der Waals surface area contributed by atoms with Crippen LogP contribution in [0.3, 0.4) is 0 Å². The predicted molar refractivity (Wildman–Crippen MR) is 66.0 cm³/mol. The van der Waals surface area contributed by atoms with Crippen LogP contribution in [-0.2, 0) is 6.54 Å². The Morgan fingerprint density at radius 3 is 3.00 bits per heavy atom. The number of rotatable bonds is 4. The van der Waals surface area contributed by atoms with Crippen LogP contribution in [-0.4, -0.2) is 20.8 Å². The Morgan fingerprint density at radius 1 is 1.41 bits per heavy atom. The van der Waals surface area contributed by atoms with Gasteiger partial charge in [-0.15, -0.1) is 0 Å². The Hall–Kier alpha value is -1.68. The molecule has 4 heteroatoms. The monoisotopic (exact) mass is 228 g/mol. The van der Waals surface area contributed by atoms with Gasteiger partial charge in [-0.05, 0) is 37.5 Å². The lowest BCUT2D eigenvalue weighted by atomic mass is 10.2. The van der Waals surface area contributed by atoms with E-state index >= 15 is 0 Å². The molecule has 1 aliphatic rings. The first-order valence-corrected chi connectivity index (χ1v) is 6.02. The van der Waals surface area contributed by atoms with Crippen molar-refractivity contribution < 1.29 is 0 Å². The molecule has 0 spiro atoms. The maximum Gasteiger partial charge on any atom is 0.0873 e. The molecule has 1 aliphatic carbocycles. The van der Waals surface area contributed by atoms with Gasteiger partial charge in [0.25, 0.3) is 0 Å². The molecule has 0 atom stereocenters. The molecule has 0 aliphatic heterocycles. The van der Waals surface area contributed by atoms with Crippen molar-refractivity contribution in [1.29, 1.82) is 0 Å². The van der Waals surface area contributed by atoms with E-state index < -0.39 is 0 Å². The number of pyridine rings is 1. The summed E-state index contributed by atoms with van der Waals surface area (Å²) in [5.74, 6) is 0. The third-order valence-electron chi connectivity index (χ3n) is 3.02. The Balaban J connectivity index is 1.86. The zero-order chi connectivity index (χ0) is 11.7. The molecule has 2 aromatic rings. The molecule has 3 rings (SSSR count). The molecule has 1 N–H and O–H groups in total. The van der Waals surface area contributed by atoms with Crippen molar-refractivity contribution in [3.63, 3.8) is 0 Å². The van der Waals surface area contributed by atoms with Crippen molar-refractivity contribution in [3.8, 4) is 5.69 Å². The van der Waals surface area contributed by atoms with Crippen LogP contribution in [0.2, 0.25) is 0 Å². The van der Waals surface area contributed by atoms with Crippen molar-refractivity contribution in [2.75, 3.05) is 0 Å². The van der Waals surface area contributed by atoms with Crippen LogP contribution >= 0.6 is 0 Å². The largest absolute Gasteiger partial charge is 0.310 e. The van der Waals surface area contributed by atoms with E-state index in [1.807, 2.05) is 36.3 Å². The van der Waals surface area contributed by atoms with Gasteiger partial charge in [0, 0.05) is 25.0 Å². The quantitative estimate of drug-likeness (QED) is 0.868. The standard InChI is InChI=1S/C13H16N4/c1-10-5-7-17(16-10)13-9-14-6-4-11(13)8-15-12-2-3-12/h4-7,9,12,15H,2-3,8H2,1H3. The molecular weight excluding hydrogens is 212 g/mol. The van der Waals surface area contributed by atoms with Crippen molar-refractivity contribution in [2.45, 2.75) is 32.4 Å². The molecule has 0 aromatic carbocycles. The van der Waals surface area contributed by atoms with E-state index in [2.05, 4.69) is 21.5 Å². The molecule has 0 bridgehead atoms. The summed E-state index contributed by atoms with van der Waals surface area (Å²) in [4.78, 5) is 4.19. The first-order chi connectivity index (χ1) is 8.33. The summed E-state index contributed by atoms with van der Waals surface area (Å²) < 4.78 is 1.90. The maximum absolute atomic E-state index is 4.43. The fraction of sp³-hybridized carbons (Fsp3) is 0.385. The van der Waals surface area contributed by atoms with E-state index in [1.165, 1.54) is 18.4 Å². The molecule has 0 radical (unpaired) electrons. The van der Waals surface area contributed by atoms with E-state index in [1.54, 1.807) is 0 Å². The van der Waals surface area contributed by atoms with E-state index in [-0.39, 0.29) is 0 Å². The Bertz CT molecular complexity index is 514. The molecular formula is C13H16N4. The minimum absolute atomic E-state index is 0.718. The van der Waals surface area contributed by atoms with E-state index in [9.17, 15) is 0 Å². The van der Waals surface area contributed by atoms with Crippen LogP contribution in [0.5, 0.6) is 0 Å². The van der Waals surface area contributed by atoms with Gasteiger partial charge in [-0.3, -0.25) is 4.98 Å². The highest BCUT2D eigenvalue weighted by Gasteiger charge is 2.20. The molecule has 0 amide bonds. The first-order valence-electron chi connectivity index (χ1n) is 6.02. The summed E-state index contributed by atoms with van der Waals surface area (Å²) in [6.45, 7) is 2.89. The van der Waals surface area contributed by atoms with E-state index in [4.69, 9.17) is 0 Å². The molecule has 0 unspecified atom stereocenters. The number of aromatic nitrogens is 3. The minimum Gasteiger partial charge on any atom is -0.310 e. The highest BCUT2D eigenvalue weighted by molar-refractivity contribution is 5.37. The number of nitrogens with one attached hydrogen (secondary N) is 1. The number of hydrogen-bond acceptors (Lipinski definition) is 3. The topological polar surface area (TPSA) is 42.7 Å². The van der Waals surface area contributed by atoms with Crippen LogP contribution in [0, 0.1) is 6.92 Å². The van der Waals surface area contributed by atoms with Gasteiger partial charge in [-0.1, -0.05) is 0 Å². The number of hydrogen-bond donors (Lipinski definition) is 1. The minimum atomic E-state index is 0.718. The highest BCUT2D eigenvalue weighted by Crippen LogP contribution is 2.20. The molecule has 1 saturated carbocycles. The summed E-state index contributed by atoms with van der Waals surface area (Å²) in [6.07, 6.45) is 8.30. The van der Waals surface area contributed by atoms with Crippen molar-refractivity contribution in [3.05, 3.63) is 42.0 Å². The van der Waals surface area contributed by atoms with Gasteiger partial charge < -0.3 is 5.32 Å². The van der Waals surface area contributed by atoms with Gasteiger partial charge in [-0.25, -0.2) is 4.68 Å². The number of aryl methyl sites for hydroxylation is 1. The second kappa shape index (κ2) is 4.30. The zero-order valence-electron chi connectivity index (χ0n) is 9.93. The van der Waals surface area contributed by atoms with Gasteiger partial charge in [0.2, 0.25) is 0 Å². The van der Waals surface area contributed by atoms with Crippen molar-refractivity contribution >= 4 is 0 Å². The molecule has 2 heterocycles. The van der Waals surface area contributed by atoms with Crippen molar-refractivity contribution in [2.24, 2.45) is 0 Å². The van der Waals surface area contributed by atoms with Gasteiger partial charge >= 0.3 is 0 Å². The summed E-state index contributed by atoms with van der Waals surface area (Å²) in [6, 6.07) is 4.78. The average Bonchev–Trinajstić information content (AvgIpc) is 3.08. The third-order valence-corrected chi connectivity index (χ3v) is 3.02. The summed E-state index contributed by atoms with van der Waals surface area (Å²) in [5, 5.41) is 7.95. The number of nitrogens with zero attached hydrogens (tertiary/aromatic N) is 3. The Labute approximate surface area is 101 Å². The van der Waals surface area contributed by atoms with Gasteiger partial charge in [0.1, 0.15) is 0 Å². The van der Waals surface area contributed by atoms with E-state index in [0.717, 1.165) is 24.0 Å². The first kappa shape index (κ1) is 10.5. The SMILES string of the molecule is Cc1ccn(-c2cnccc2CNC2CC2)n1. The van der Waals surface area contributed by atoms with Crippen molar-refractivity contribution in [1.82, 2.24) is 20.1 Å². The molecule has 0 saturated heterocycles. The molecule has 17 heavy (non-hydrogen) atoms. The lowest BCUT2D eigenvalue weighted by Gasteiger charge is -2.09. The fourth-order valence-electron chi connectivity index (χ4n) is 1.86. The second-order valence-electron chi connectivity index (χ2n) is 4.56. The normalized spacial score (nSPS) is 15.1. The zero-order valence-corrected chi connectivity index (χ0v) is 9.93. The highest BCUT2D eigenvalue weighted by atomic mass is 15.3. The lowest BCUT2D eigenvalue weighted by molar-refractivity contribution is 0.679. The van der Waals surface area contributed by atoms with Crippen LogP contribution in [0.25, 0.3) is 5.69 Å². The summed E-state index contributed by atoms with van der Waals surface area (Å²) in [7, 11) is 0. The summed E-state index contributed by atoms with van der Waals surface area (Å²) in [5.41, 5.74) is 3.33. The fourth-order valence-corrected chi connectivity index (χ4v) is 1.86. The van der Waals surface area contributed by atoms with Gasteiger partial charge in [-0.2, -0.15) is 5.10 Å². The van der Waals surface area contributed by atoms with E-state index in [0.29, 0.717) is 0 Å². The second-order valence-corrected chi connectivity index (χ2v) is 4.56. The molecule has 1 fully saturated rings. The summed E-state index contributed by atoms with van der Waals surface area (Å²) >= 11 is 0. The Morgan fingerprint density at radius 2 is 2.29 bits per heavy atom. The third kappa shape index (κ3) is 2.36. The van der Waals surface area contributed by atoms with Gasteiger partial charge in [0.15, 0.2) is 0 Å². The van der Waals surface area contributed by atoms with Crippen LogP contribution in [0.15, 0.2) is 30.7 Å². The van der Waals surface area contributed by atoms with Crippen LogP contribution in [0.1, 0.15) is 24.1 Å². The van der Waals surface area contributed by atoms with Crippen LogP contribution < -0.4 is 5.32 Å². The smallest absolute Gasteiger partial charge is 0.0873 e. The maximum atomic E-state index is 4.43. The lowest BCUT2D eigenvalue weighted by Crippen LogP contribution is -2.17. The average molecular weight is 228 g/mol. The predicted octanol–water partition coefficient (Wildman–Crippen LogP) is 1.83. The van der Waals surface area contributed by atoms with Crippen LogP contribution in [0.4, 0.5) is 0 Å².